The molecule has 0 aliphatic heterocycles. The largest absolute Gasteiger partial charge is 0.507 e. The third kappa shape index (κ3) is 3.22. The van der Waals surface area contributed by atoms with E-state index in [1.165, 1.54) is 31.4 Å². The second kappa shape index (κ2) is 7.14. The number of aldehydes is 1. The predicted molar refractivity (Wildman–Crippen MR) is 98.9 cm³/mol. The number of aromatic hydroxyl groups is 1. The Hall–Kier alpha value is -2.30. The van der Waals surface area contributed by atoms with Crippen molar-refractivity contribution in [2.24, 2.45) is 5.92 Å². The lowest BCUT2D eigenvalue weighted by Crippen LogP contribution is -2.26. The molecule has 1 aromatic carbocycles. The number of rotatable bonds is 6. The van der Waals surface area contributed by atoms with Crippen LogP contribution in [0.25, 0.3) is 0 Å². The van der Waals surface area contributed by atoms with Crippen LogP contribution < -0.4 is 4.74 Å². The highest BCUT2D eigenvalue weighted by molar-refractivity contribution is 5.84. The molecular weight excluding hydrogens is 328 g/mol. The molecule has 2 aliphatic rings. The Balaban J connectivity index is 1.52. The van der Waals surface area contributed by atoms with Crippen molar-refractivity contribution in [3.8, 4) is 11.5 Å². The fraction of sp³-hybridized carbons (Fsp3) is 0.524. The minimum Gasteiger partial charge on any atom is -0.507 e. The smallest absolute Gasteiger partial charge is 0.157 e. The van der Waals surface area contributed by atoms with E-state index >= 15 is 0 Å². The summed E-state index contributed by atoms with van der Waals surface area (Å²) < 4.78 is 8.25. The zero-order chi connectivity index (χ0) is 18.1. The maximum absolute atomic E-state index is 11.4. The van der Waals surface area contributed by atoms with Gasteiger partial charge in [-0.1, -0.05) is 18.9 Å². The van der Waals surface area contributed by atoms with Gasteiger partial charge in [0.1, 0.15) is 11.5 Å². The Morgan fingerprint density at radius 3 is 2.81 bits per heavy atom. The van der Waals surface area contributed by atoms with Crippen molar-refractivity contribution >= 4 is 6.29 Å². The molecule has 2 unspecified atom stereocenters. The van der Waals surface area contributed by atoms with Crippen LogP contribution in [0.4, 0.5) is 0 Å². The van der Waals surface area contributed by atoms with E-state index in [1.807, 2.05) is 6.20 Å². The number of hydrogen-bond donors (Lipinski definition) is 1. The van der Waals surface area contributed by atoms with Gasteiger partial charge in [0.05, 0.1) is 18.2 Å². The lowest BCUT2D eigenvalue weighted by Gasteiger charge is -2.32. The number of ether oxygens (including phenoxy) is 1. The summed E-state index contributed by atoms with van der Waals surface area (Å²) in [7, 11) is 0. The summed E-state index contributed by atoms with van der Waals surface area (Å²) in [6.45, 7) is 2.34. The van der Waals surface area contributed by atoms with Crippen LogP contribution in [-0.2, 0) is 0 Å². The average molecular weight is 354 g/mol. The van der Waals surface area contributed by atoms with Crippen LogP contribution >= 0.6 is 0 Å². The van der Waals surface area contributed by atoms with Gasteiger partial charge in [0.2, 0.25) is 0 Å². The molecule has 0 radical (unpaired) electrons. The summed E-state index contributed by atoms with van der Waals surface area (Å²) in [6, 6.07) is 6.32. The summed E-state index contributed by atoms with van der Waals surface area (Å²) in [4.78, 5) is 11.4. The molecule has 2 atom stereocenters. The molecule has 1 aromatic heterocycles. The maximum Gasteiger partial charge on any atom is 0.157 e. The van der Waals surface area contributed by atoms with Gasteiger partial charge in [-0.2, -0.15) is 5.10 Å². The highest BCUT2D eigenvalue weighted by atomic mass is 16.5. The topological polar surface area (TPSA) is 64.4 Å². The molecule has 1 heterocycles. The average Bonchev–Trinajstić information content (AvgIpc) is 3.39. The summed E-state index contributed by atoms with van der Waals surface area (Å²) >= 11 is 0. The van der Waals surface area contributed by atoms with Gasteiger partial charge in [-0.3, -0.25) is 9.48 Å². The second-order valence-corrected chi connectivity index (χ2v) is 7.65. The fourth-order valence-corrected chi connectivity index (χ4v) is 4.17. The van der Waals surface area contributed by atoms with Crippen molar-refractivity contribution in [1.29, 1.82) is 0 Å². The number of phenols is 1. The molecular formula is C21H26N2O3. The second-order valence-electron chi connectivity index (χ2n) is 7.65. The zero-order valence-electron chi connectivity index (χ0n) is 15.2. The van der Waals surface area contributed by atoms with E-state index in [4.69, 9.17) is 4.74 Å². The number of aromatic nitrogens is 2. The van der Waals surface area contributed by atoms with Crippen LogP contribution in [0.1, 0.15) is 72.1 Å². The molecule has 2 aromatic rings. The molecule has 4 rings (SSSR count). The molecule has 5 nitrogen and oxygen atoms in total. The molecule has 1 N–H and O–H groups in total. The van der Waals surface area contributed by atoms with Crippen LogP contribution in [0.15, 0.2) is 24.4 Å². The van der Waals surface area contributed by atoms with Crippen LogP contribution in [-0.4, -0.2) is 27.8 Å². The summed E-state index contributed by atoms with van der Waals surface area (Å²) in [6.07, 6.45) is 9.79. The quantitative estimate of drug-likeness (QED) is 0.781. The van der Waals surface area contributed by atoms with Crippen molar-refractivity contribution in [2.75, 3.05) is 6.61 Å². The summed E-state index contributed by atoms with van der Waals surface area (Å²) in [5.74, 6) is 1.35. The van der Waals surface area contributed by atoms with Gasteiger partial charge >= 0.3 is 0 Å². The predicted octanol–water partition coefficient (Wildman–Crippen LogP) is 4.40. The van der Waals surface area contributed by atoms with Crippen molar-refractivity contribution in [2.45, 2.75) is 57.4 Å². The Morgan fingerprint density at radius 1 is 1.23 bits per heavy atom. The number of nitrogens with zero attached hydrogens (tertiary/aromatic N) is 2. The fourth-order valence-electron chi connectivity index (χ4n) is 4.17. The minimum atomic E-state index is 0.0181. The molecule has 26 heavy (non-hydrogen) atoms. The monoisotopic (exact) mass is 354 g/mol. The molecule has 0 amide bonds. The third-order valence-corrected chi connectivity index (χ3v) is 5.83. The van der Waals surface area contributed by atoms with Crippen molar-refractivity contribution in [3.63, 3.8) is 0 Å². The molecule has 0 saturated heterocycles. The van der Waals surface area contributed by atoms with E-state index in [1.54, 1.807) is 19.1 Å². The molecule has 0 bridgehead atoms. The van der Waals surface area contributed by atoms with Gasteiger partial charge in [0, 0.05) is 23.7 Å². The summed E-state index contributed by atoms with van der Waals surface area (Å²) in [5.41, 5.74) is 2.27. The van der Waals surface area contributed by atoms with Crippen LogP contribution in [0.3, 0.4) is 0 Å². The molecule has 0 spiro atoms. The number of benzene rings is 1. The Bertz CT molecular complexity index is 795. The van der Waals surface area contributed by atoms with E-state index in [-0.39, 0.29) is 11.3 Å². The first-order chi connectivity index (χ1) is 12.7. The van der Waals surface area contributed by atoms with E-state index in [0.29, 0.717) is 42.1 Å². The first-order valence-corrected chi connectivity index (χ1v) is 9.63. The van der Waals surface area contributed by atoms with Gasteiger partial charge in [-0.15, -0.1) is 0 Å². The number of aryl methyl sites for hydroxylation is 1. The Morgan fingerprint density at radius 2 is 2.04 bits per heavy atom. The number of phenolic OH excluding ortho intramolecular Hbond substituents is 1. The van der Waals surface area contributed by atoms with E-state index in [9.17, 15) is 9.90 Å². The van der Waals surface area contributed by atoms with Crippen LogP contribution in [0.5, 0.6) is 11.5 Å². The molecule has 2 saturated carbocycles. The highest BCUT2D eigenvalue weighted by Gasteiger charge is 2.33. The van der Waals surface area contributed by atoms with Gasteiger partial charge in [0.15, 0.2) is 6.29 Å². The van der Waals surface area contributed by atoms with E-state index in [0.717, 1.165) is 12.8 Å². The van der Waals surface area contributed by atoms with Crippen LogP contribution in [0.2, 0.25) is 0 Å². The number of carbonyl (C=O) groups excluding carboxylic acids is 1. The Labute approximate surface area is 154 Å². The number of hydrogen-bond acceptors (Lipinski definition) is 4. The zero-order valence-corrected chi connectivity index (χ0v) is 15.2. The van der Waals surface area contributed by atoms with E-state index in [2.05, 4.69) is 15.8 Å². The first kappa shape index (κ1) is 17.1. The lowest BCUT2D eigenvalue weighted by molar-refractivity contribution is 0.111. The minimum absolute atomic E-state index is 0.0181. The van der Waals surface area contributed by atoms with Crippen molar-refractivity contribution in [3.05, 3.63) is 41.2 Å². The van der Waals surface area contributed by atoms with Crippen molar-refractivity contribution in [1.82, 2.24) is 9.78 Å². The normalized spacial score (nSPS) is 23.0. The van der Waals surface area contributed by atoms with Gasteiger partial charge in [0.25, 0.3) is 0 Å². The van der Waals surface area contributed by atoms with Gasteiger partial charge in [-0.05, 0) is 50.3 Å². The maximum atomic E-state index is 11.4. The molecule has 2 fully saturated rings. The SMILES string of the molecule is Cc1ccc(OCC2CCCCC2c2ccnn2C2CC2)c(C=O)c1O. The third-order valence-electron chi connectivity index (χ3n) is 5.83. The van der Waals surface area contributed by atoms with Gasteiger partial charge < -0.3 is 9.84 Å². The lowest BCUT2D eigenvalue weighted by atomic mass is 9.78. The first-order valence-electron chi connectivity index (χ1n) is 9.63. The number of carbonyl (C=O) groups is 1. The summed E-state index contributed by atoms with van der Waals surface area (Å²) in [5, 5.41) is 14.7. The highest BCUT2D eigenvalue weighted by Crippen LogP contribution is 2.43. The van der Waals surface area contributed by atoms with Crippen LogP contribution in [0, 0.1) is 12.8 Å². The van der Waals surface area contributed by atoms with Crippen molar-refractivity contribution < 1.29 is 14.6 Å². The Kier molecular flexibility index (Phi) is 4.70. The van der Waals surface area contributed by atoms with E-state index < -0.39 is 0 Å². The molecule has 138 valence electrons. The van der Waals surface area contributed by atoms with Gasteiger partial charge in [-0.25, -0.2) is 0 Å². The molecule has 5 heteroatoms. The molecule has 2 aliphatic carbocycles. The standard InChI is InChI=1S/C21H26N2O3/c1-14-6-9-20(18(12-24)21(14)25)26-13-15-4-2-3-5-17(15)19-10-11-22-23(19)16-7-8-16/h6,9-12,15-17,25H,2-5,7-8,13H2,1H3.